The maximum absolute atomic E-state index is 12.6. The molecule has 8 heteroatoms. The van der Waals surface area contributed by atoms with E-state index < -0.39 is 0 Å². The number of carbonyl (C=O) groups excluding carboxylic acids is 1. The zero-order valence-corrected chi connectivity index (χ0v) is 15.4. The van der Waals surface area contributed by atoms with Crippen LogP contribution in [0.2, 0.25) is 5.02 Å². The third-order valence-electron chi connectivity index (χ3n) is 3.35. The molecule has 2 aromatic rings. The number of nitrogens with zero attached hydrogens (tertiary/aromatic N) is 2. The molecule has 7 nitrogen and oxygen atoms in total. The highest BCUT2D eigenvalue weighted by molar-refractivity contribution is 6.32. The van der Waals surface area contributed by atoms with Crippen LogP contribution in [0.3, 0.4) is 0 Å². The summed E-state index contributed by atoms with van der Waals surface area (Å²) >= 11 is 6.08. The molecular formula is C17H21ClN4O3. The minimum atomic E-state index is -0.382. The summed E-state index contributed by atoms with van der Waals surface area (Å²) in [5.74, 6) is 1.59. The lowest BCUT2D eigenvalue weighted by molar-refractivity contribution is 0.102. The van der Waals surface area contributed by atoms with Crippen LogP contribution in [0.25, 0.3) is 0 Å². The van der Waals surface area contributed by atoms with Gasteiger partial charge in [0.25, 0.3) is 5.91 Å². The smallest absolute Gasteiger partial charge is 0.274 e. The van der Waals surface area contributed by atoms with Gasteiger partial charge in [0.05, 0.1) is 24.9 Å². The third kappa shape index (κ3) is 4.73. The maximum Gasteiger partial charge on any atom is 0.274 e. The number of halogens is 1. The fraction of sp³-hybridized carbons (Fsp3) is 0.353. The van der Waals surface area contributed by atoms with Crippen LogP contribution in [0.4, 0.5) is 11.5 Å². The molecule has 0 atom stereocenters. The second-order valence-corrected chi connectivity index (χ2v) is 5.66. The second kappa shape index (κ2) is 8.53. The topological polar surface area (TPSA) is 85.4 Å². The number of methoxy groups -OCH3 is 2. The summed E-state index contributed by atoms with van der Waals surface area (Å²) < 4.78 is 10.4. The largest absolute Gasteiger partial charge is 0.495 e. The average Bonchev–Trinajstić information content (AvgIpc) is 2.60. The van der Waals surface area contributed by atoms with E-state index >= 15 is 0 Å². The molecule has 0 unspecified atom stereocenters. The predicted octanol–water partition coefficient (Wildman–Crippen LogP) is 3.53. The molecule has 1 amide bonds. The van der Waals surface area contributed by atoms with Crippen molar-refractivity contribution in [1.29, 1.82) is 0 Å². The molecule has 0 aliphatic heterocycles. The van der Waals surface area contributed by atoms with E-state index in [1.54, 1.807) is 25.1 Å². The first kappa shape index (κ1) is 18.8. The van der Waals surface area contributed by atoms with Crippen LogP contribution in [0.15, 0.2) is 18.2 Å². The van der Waals surface area contributed by atoms with Gasteiger partial charge in [-0.25, -0.2) is 9.97 Å². The van der Waals surface area contributed by atoms with Gasteiger partial charge in [-0.2, -0.15) is 0 Å². The van der Waals surface area contributed by atoms with Crippen molar-refractivity contribution in [3.63, 3.8) is 0 Å². The Labute approximate surface area is 151 Å². The molecular weight excluding hydrogens is 344 g/mol. The number of ether oxygens (including phenoxy) is 2. The molecule has 0 fully saturated rings. The summed E-state index contributed by atoms with van der Waals surface area (Å²) in [6, 6.07) is 4.79. The lowest BCUT2D eigenvalue weighted by atomic mass is 10.2. The first-order valence-corrected chi connectivity index (χ1v) is 8.18. The number of nitrogens with one attached hydrogen (secondary N) is 2. The summed E-state index contributed by atoms with van der Waals surface area (Å²) in [5, 5.41) is 6.31. The van der Waals surface area contributed by atoms with E-state index in [2.05, 4.69) is 27.5 Å². The maximum atomic E-state index is 12.6. The highest BCUT2D eigenvalue weighted by Crippen LogP contribution is 2.36. The standard InChI is InChI=1S/C17H21ClN4O3/c1-5-6-19-16-9-13(20-10(2)21-16)17(23)22-12-8-14(24-3)11(18)7-15(12)25-4/h7-9H,5-6H2,1-4H3,(H,22,23)(H,19,20,21). The van der Waals surface area contributed by atoms with Crippen LogP contribution in [-0.4, -0.2) is 36.6 Å². The lowest BCUT2D eigenvalue weighted by Gasteiger charge is -2.13. The summed E-state index contributed by atoms with van der Waals surface area (Å²) in [6.07, 6.45) is 0.951. The number of carbonyl (C=O) groups is 1. The van der Waals surface area contributed by atoms with E-state index in [0.29, 0.717) is 33.9 Å². The quantitative estimate of drug-likeness (QED) is 0.781. The molecule has 0 saturated carbocycles. The number of rotatable bonds is 7. The van der Waals surface area contributed by atoms with Crippen molar-refractivity contribution in [2.45, 2.75) is 20.3 Å². The fourth-order valence-electron chi connectivity index (χ4n) is 2.17. The number of aryl methyl sites for hydroxylation is 1. The van der Waals surface area contributed by atoms with Gasteiger partial charge in [0.15, 0.2) is 0 Å². The summed E-state index contributed by atoms with van der Waals surface area (Å²) in [5.41, 5.74) is 0.690. The normalized spacial score (nSPS) is 10.3. The highest BCUT2D eigenvalue weighted by Gasteiger charge is 2.16. The molecule has 0 spiro atoms. The van der Waals surface area contributed by atoms with Gasteiger partial charge in [0, 0.05) is 24.7 Å². The second-order valence-electron chi connectivity index (χ2n) is 5.25. The number of hydrogen-bond donors (Lipinski definition) is 2. The Balaban J connectivity index is 2.29. The minimum absolute atomic E-state index is 0.252. The van der Waals surface area contributed by atoms with Gasteiger partial charge in [-0.1, -0.05) is 18.5 Å². The van der Waals surface area contributed by atoms with Gasteiger partial charge in [-0.05, 0) is 13.3 Å². The SMILES string of the molecule is CCCNc1cc(C(=O)Nc2cc(OC)c(Cl)cc2OC)nc(C)n1. The van der Waals surface area contributed by atoms with Crippen LogP contribution in [0, 0.1) is 6.92 Å². The first-order valence-electron chi connectivity index (χ1n) is 7.80. The molecule has 1 heterocycles. The Hall–Kier alpha value is -2.54. The van der Waals surface area contributed by atoms with Gasteiger partial charge in [0.2, 0.25) is 0 Å². The molecule has 0 aliphatic carbocycles. The molecule has 0 aliphatic rings. The van der Waals surface area contributed by atoms with Crippen molar-refractivity contribution in [2.75, 3.05) is 31.4 Å². The first-order chi connectivity index (χ1) is 12.0. The van der Waals surface area contributed by atoms with Crippen LogP contribution >= 0.6 is 11.6 Å². The van der Waals surface area contributed by atoms with Gasteiger partial charge >= 0.3 is 0 Å². The monoisotopic (exact) mass is 364 g/mol. The van der Waals surface area contributed by atoms with E-state index in [1.807, 2.05) is 0 Å². The third-order valence-corrected chi connectivity index (χ3v) is 3.64. The van der Waals surface area contributed by atoms with Gasteiger partial charge < -0.3 is 20.1 Å². The summed E-state index contributed by atoms with van der Waals surface area (Å²) in [4.78, 5) is 21.0. The molecule has 0 radical (unpaired) electrons. The molecule has 25 heavy (non-hydrogen) atoms. The predicted molar refractivity (Wildman–Crippen MR) is 98.1 cm³/mol. The molecule has 2 rings (SSSR count). The Morgan fingerprint density at radius 1 is 1.16 bits per heavy atom. The van der Waals surface area contributed by atoms with E-state index in [0.717, 1.165) is 13.0 Å². The van der Waals surface area contributed by atoms with E-state index in [9.17, 15) is 4.79 Å². The molecule has 0 saturated heterocycles. The molecule has 0 bridgehead atoms. The molecule has 1 aromatic heterocycles. The number of aromatic nitrogens is 2. The summed E-state index contributed by atoms with van der Waals surface area (Å²) in [6.45, 7) is 4.55. The summed E-state index contributed by atoms with van der Waals surface area (Å²) in [7, 11) is 2.99. The Kier molecular flexibility index (Phi) is 6.41. The zero-order valence-electron chi connectivity index (χ0n) is 14.6. The Morgan fingerprint density at radius 3 is 2.52 bits per heavy atom. The van der Waals surface area contributed by atoms with Crippen molar-refractivity contribution in [3.8, 4) is 11.5 Å². The number of amides is 1. The highest BCUT2D eigenvalue weighted by atomic mass is 35.5. The average molecular weight is 365 g/mol. The van der Waals surface area contributed by atoms with Crippen LogP contribution in [0.1, 0.15) is 29.7 Å². The van der Waals surface area contributed by atoms with Crippen molar-refractivity contribution in [1.82, 2.24) is 9.97 Å². The fourth-order valence-corrected chi connectivity index (χ4v) is 2.40. The zero-order chi connectivity index (χ0) is 18.4. The Morgan fingerprint density at radius 2 is 1.88 bits per heavy atom. The van der Waals surface area contributed by atoms with Crippen LogP contribution in [-0.2, 0) is 0 Å². The van der Waals surface area contributed by atoms with Gasteiger partial charge in [-0.3, -0.25) is 4.79 Å². The van der Waals surface area contributed by atoms with Gasteiger partial charge in [0.1, 0.15) is 28.8 Å². The van der Waals surface area contributed by atoms with E-state index in [1.165, 1.54) is 14.2 Å². The van der Waals surface area contributed by atoms with Crippen molar-refractivity contribution >= 4 is 29.0 Å². The number of hydrogen-bond acceptors (Lipinski definition) is 6. The van der Waals surface area contributed by atoms with Crippen LogP contribution < -0.4 is 20.1 Å². The number of anilines is 2. The van der Waals surface area contributed by atoms with E-state index in [4.69, 9.17) is 21.1 Å². The van der Waals surface area contributed by atoms with Crippen molar-refractivity contribution < 1.29 is 14.3 Å². The number of benzene rings is 1. The molecule has 1 aromatic carbocycles. The molecule has 2 N–H and O–H groups in total. The van der Waals surface area contributed by atoms with Gasteiger partial charge in [-0.15, -0.1) is 0 Å². The van der Waals surface area contributed by atoms with E-state index in [-0.39, 0.29) is 11.6 Å². The molecule has 134 valence electrons. The minimum Gasteiger partial charge on any atom is -0.495 e. The lowest BCUT2D eigenvalue weighted by Crippen LogP contribution is -2.16. The van der Waals surface area contributed by atoms with Crippen molar-refractivity contribution in [3.05, 3.63) is 34.7 Å². The van der Waals surface area contributed by atoms with Crippen LogP contribution in [0.5, 0.6) is 11.5 Å². The Bertz CT molecular complexity index is 768. The van der Waals surface area contributed by atoms with Crippen molar-refractivity contribution in [2.24, 2.45) is 0 Å².